The van der Waals surface area contributed by atoms with Crippen molar-refractivity contribution >= 4 is 12.4 Å². The third kappa shape index (κ3) is 5.57. The highest BCUT2D eigenvalue weighted by atomic mass is 35.5. The molecule has 1 aliphatic carbocycles. The smallest absolute Gasteiger partial charge is 0.119 e. The van der Waals surface area contributed by atoms with E-state index in [4.69, 9.17) is 4.74 Å². The molecule has 1 fully saturated rings. The summed E-state index contributed by atoms with van der Waals surface area (Å²) >= 11 is 0. The molecule has 0 amide bonds. The fourth-order valence-electron chi connectivity index (χ4n) is 3.49. The molecule has 0 heterocycles. The van der Waals surface area contributed by atoms with Gasteiger partial charge in [-0.25, -0.2) is 0 Å². The summed E-state index contributed by atoms with van der Waals surface area (Å²) < 4.78 is 6.55. The van der Waals surface area contributed by atoms with Crippen LogP contribution in [0.2, 0.25) is 0 Å². The third-order valence-electron chi connectivity index (χ3n) is 5.11. The first-order valence-electron chi connectivity index (χ1n) is 9.81. The van der Waals surface area contributed by atoms with E-state index in [-0.39, 0.29) is 18.0 Å². The van der Waals surface area contributed by atoms with Crippen molar-refractivity contribution in [3.63, 3.8) is 0 Å². The van der Waals surface area contributed by atoms with Gasteiger partial charge in [-0.15, -0.1) is 12.4 Å². The van der Waals surface area contributed by atoms with Gasteiger partial charge in [0, 0.05) is 6.61 Å². The van der Waals surface area contributed by atoms with Gasteiger partial charge in [0.25, 0.3) is 0 Å². The van der Waals surface area contributed by atoms with Crippen molar-refractivity contribution in [2.75, 3.05) is 19.7 Å². The number of ether oxygens (including phenoxy) is 1. The maximum atomic E-state index is 6.55. The Balaban J connectivity index is 0.00000243. The van der Waals surface area contributed by atoms with Gasteiger partial charge in [0.15, 0.2) is 0 Å². The minimum atomic E-state index is -0.370. The molecule has 0 spiro atoms. The van der Waals surface area contributed by atoms with Crippen molar-refractivity contribution in [3.8, 4) is 0 Å². The highest BCUT2D eigenvalue weighted by Gasteiger charge is 2.34. The topological polar surface area (TPSA) is 21.3 Å². The molecule has 2 nitrogen and oxygen atoms in total. The Bertz CT molecular complexity index is 573. The van der Waals surface area contributed by atoms with Crippen LogP contribution in [0.15, 0.2) is 60.7 Å². The van der Waals surface area contributed by atoms with Crippen LogP contribution in [0, 0.1) is 5.92 Å². The summed E-state index contributed by atoms with van der Waals surface area (Å²) in [5.41, 5.74) is 2.13. The third-order valence-corrected chi connectivity index (χ3v) is 5.11. The Morgan fingerprint density at radius 3 is 2.00 bits per heavy atom. The first kappa shape index (κ1) is 21.0. The van der Waals surface area contributed by atoms with Crippen molar-refractivity contribution in [3.05, 3.63) is 71.8 Å². The molecule has 26 heavy (non-hydrogen) atoms. The summed E-state index contributed by atoms with van der Waals surface area (Å²) in [4.78, 5) is 0. The molecule has 0 atom stereocenters. The molecule has 3 rings (SSSR count). The molecule has 142 valence electrons. The first-order chi connectivity index (χ1) is 12.3. The van der Waals surface area contributed by atoms with Crippen LogP contribution in [-0.2, 0) is 10.3 Å². The predicted molar refractivity (Wildman–Crippen MR) is 112 cm³/mol. The number of hydrogen-bond donors (Lipinski definition) is 1. The molecule has 0 unspecified atom stereocenters. The number of hydrogen-bond acceptors (Lipinski definition) is 2. The maximum Gasteiger partial charge on any atom is 0.119 e. The van der Waals surface area contributed by atoms with Gasteiger partial charge >= 0.3 is 0 Å². The van der Waals surface area contributed by atoms with E-state index in [1.54, 1.807) is 0 Å². The monoisotopic (exact) mass is 373 g/mol. The SMILES string of the molecule is CCCOC(CCNCCC1CC1)(c1ccccc1)c1ccccc1.Cl. The van der Waals surface area contributed by atoms with E-state index in [1.807, 2.05) is 0 Å². The van der Waals surface area contributed by atoms with Gasteiger partial charge in [-0.05, 0) is 49.4 Å². The molecular formula is C23H32ClNO. The molecule has 1 saturated carbocycles. The molecule has 1 aliphatic rings. The van der Waals surface area contributed by atoms with Crippen LogP contribution in [0.3, 0.4) is 0 Å². The molecule has 0 radical (unpaired) electrons. The Kier molecular flexibility index (Phi) is 8.64. The van der Waals surface area contributed by atoms with Crippen LogP contribution < -0.4 is 5.32 Å². The van der Waals surface area contributed by atoms with E-state index >= 15 is 0 Å². The minimum absolute atomic E-state index is 0. The summed E-state index contributed by atoms with van der Waals surface area (Å²) in [6.45, 7) is 5.04. The van der Waals surface area contributed by atoms with E-state index in [2.05, 4.69) is 72.9 Å². The summed E-state index contributed by atoms with van der Waals surface area (Å²) in [5.74, 6) is 0.983. The summed E-state index contributed by atoms with van der Waals surface area (Å²) in [7, 11) is 0. The molecule has 1 N–H and O–H groups in total. The summed E-state index contributed by atoms with van der Waals surface area (Å²) in [6.07, 6.45) is 6.15. The van der Waals surface area contributed by atoms with Crippen molar-refractivity contribution in [2.45, 2.75) is 44.6 Å². The van der Waals surface area contributed by atoms with Gasteiger partial charge in [-0.3, -0.25) is 0 Å². The van der Waals surface area contributed by atoms with Crippen molar-refractivity contribution in [2.24, 2.45) is 5.92 Å². The zero-order valence-corrected chi connectivity index (χ0v) is 16.6. The summed E-state index contributed by atoms with van der Waals surface area (Å²) in [6, 6.07) is 21.4. The van der Waals surface area contributed by atoms with E-state index < -0.39 is 0 Å². The van der Waals surface area contributed by atoms with Crippen molar-refractivity contribution in [1.82, 2.24) is 5.32 Å². The van der Waals surface area contributed by atoms with Gasteiger partial charge in [0.1, 0.15) is 5.60 Å². The van der Waals surface area contributed by atoms with E-state index in [0.29, 0.717) is 0 Å². The lowest BCUT2D eigenvalue weighted by Crippen LogP contribution is -2.35. The average Bonchev–Trinajstić information content (AvgIpc) is 3.50. The second-order valence-corrected chi connectivity index (χ2v) is 7.14. The van der Waals surface area contributed by atoms with Crippen LogP contribution in [0.5, 0.6) is 0 Å². The van der Waals surface area contributed by atoms with E-state index in [0.717, 1.165) is 38.5 Å². The molecule has 0 aromatic heterocycles. The van der Waals surface area contributed by atoms with E-state index in [1.165, 1.54) is 30.4 Å². The lowest BCUT2D eigenvalue weighted by Gasteiger charge is -2.35. The van der Waals surface area contributed by atoms with E-state index in [9.17, 15) is 0 Å². The highest BCUT2D eigenvalue weighted by molar-refractivity contribution is 5.85. The fraction of sp³-hybridized carbons (Fsp3) is 0.478. The Morgan fingerprint density at radius 2 is 1.50 bits per heavy atom. The zero-order valence-electron chi connectivity index (χ0n) is 15.8. The molecule has 2 aromatic rings. The normalized spacial score (nSPS) is 14.0. The Morgan fingerprint density at radius 1 is 0.923 bits per heavy atom. The van der Waals surface area contributed by atoms with Crippen LogP contribution >= 0.6 is 12.4 Å². The minimum Gasteiger partial charge on any atom is -0.366 e. The largest absolute Gasteiger partial charge is 0.366 e. The standard InChI is InChI=1S/C23H31NO.ClH/c1-2-19-25-23(21-9-5-3-6-10-21,22-11-7-4-8-12-22)16-18-24-17-15-20-13-14-20;/h3-12,20,24H,2,13-19H2,1H3;1H. The lowest BCUT2D eigenvalue weighted by atomic mass is 9.83. The van der Waals surface area contributed by atoms with Gasteiger partial charge in [0.2, 0.25) is 0 Å². The molecule has 3 heteroatoms. The number of nitrogens with one attached hydrogen (secondary N) is 1. The lowest BCUT2D eigenvalue weighted by molar-refractivity contribution is -0.0242. The van der Waals surface area contributed by atoms with Gasteiger partial charge in [-0.1, -0.05) is 80.4 Å². The van der Waals surface area contributed by atoms with Crippen LogP contribution in [0.25, 0.3) is 0 Å². The second-order valence-electron chi connectivity index (χ2n) is 7.14. The fourth-order valence-corrected chi connectivity index (χ4v) is 3.49. The first-order valence-corrected chi connectivity index (χ1v) is 9.81. The second kappa shape index (κ2) is 10.7. The molecule has 0 bridgehead atoms. The van der Waals surface area contributed by atoms with Gasteiger partial charge in [0.05, 0.1) is 0 Å². The Labute approximate surface area is 164 Å². The average molecular weight is 374 g/mol. The van der Waals surface area contributed by atoms with Crippen LogP contribution in [0.4, 0.5) is 0 Å². The molecule has 2 aromatic carbocycles. The maximum absolute atomic E-state index is 6.55. The Hall–Kier alpha value is -1.35. The van der Waals surface area contributed by atoms with Crippen LogP contribution in [0.1, 0.15) is 50.2 Å². The molecule has 0 aliphatic heterocycles. The van der Waals surface area contributed by atoms with Gasteiger partial charge < -0.3 is 10.1 Å². The van der Waals surface area contributed by atoms with Crippen molar-refractivity contribution in [1.29, 1.82) is 0 Å². The van der Waals surface area contributed by atoms with Crippen LogP contribution in [-0.4, -0.2) is 19.7 Å². The quantitative estimate of drug-likeness (QED) is 0.521. The molecule has 0 saturated heterocycles. The van der Waals surface area contributed by atoms with Gasteiger partial charge in [-0.2, -0.15) is 0 Å². The predicted octanol–water partition coefficient (Wildman–Crippen LogP) is 5.56. The molecular weight excluding hydrogens is 342 g/mol. The number of halogens is 1. The van der Waals surface area contributed by atoms with Crippen molar-refractivity contribution < 1.29 is 4.74 Å². The number of benzene rings is 2. The zero-order chi connectivity index (χ0) is 17.4. The highest BCUT2D eigenvalue weighted by Crippen LogP contribution is 2.37. The summed E-state index contributed by atoms with van der Waals surface area (Å²) in [5, 5.41) is 3.65. The number of rotatable bonds is 11.